The fraction of sp³-hybridized carbons (Fsp3) is 0.720. The molecule has 1 unspecified atom stereocenters. The number of benzene rings is 1. The maximum atomic E-state index is 11.8. The summed E-state index contributed by atoms with van der Waals surface area (Å²) in [5.41, 5.74) is -0.318. The van der Waals surface area contributed by atoms with Gasteiger partial charge in [-0.15, -0.1) is 0 Å². The van der Waals surface area contributed by atoms with Crippen molar-refractivity contribution < 1.29 is 38.3 Å². The SMILES string of the molecule is COC(=O)C[C@@H]1O[C@]2(C)C[C@]3(C)O[C@@H]4C(C)O[C@@H](c5ccccc5)O[C@H]4C[C@H]3O[C@H]2C[C@H]1O. The normalized spacial score (nSPS) is 47.1. The van der Waals surface area contributed by atoms with Gasteiger partial charge in [-0.1, -0.05) is 30.3 Å². The molecular formula is C25H34O8. The van der Waals surface area contributed by atoms with Gasteiger partial charge in [0.1, 0.15) is 6.10 Å². The zero-order valence-electron chi connectivity index (χ0n) is 19.6. The van der Waals surface area contributed by atoms with Crippen LogP contribution >= 0.6 is 0 Å². The van der Waals surface area contributed by atoms with Gasteiger partial charge >= 0.3 is 5.97 Å². The first-order valence-corrected chi connectivity index (χ1v) is 11.8. The number of fused-ring (bicyclic) bond motifs is 3. The molecule has 0 spiro atoms. The summed E-state index contributed by atoms with van der Waals surface area (Å²) in [6, 6.07) is 9.91. The minimum Gasteiger partial charge on any atom is -0.469 e. The molecule has 4 saturated heterocycles. The van der Waals surface area contributed by atoms with Crippen molar-refractivity contribution in [1.82, 2.24) is 0 Å². The fourth-order valence-electron chi connectivity index (χ4n) is 5.97. The van der Waals surface area contributed by atoms with Crippen LogP contribution < -0.4 is 0 Å². The van der Waals surface area contributed by atoms with E-state index in [4.69, 9.17) is 28.4 Å². The van der Waals surface area contributed by atoms with E-state index in [1.807, 2.05) is 44.2 Å². The van der Waals surface area contributed by atoms with Gasteiger partial charge in [0, 0.05) is 24.8 Å². The highest BCUT2D eigenvalue weighted by Gasteiger charge is 2.61. The summed E-state index contributed by atoms with van der Waals surface area (Å²) in [6.45, 7) is 6.05. The molecule has 4 fully saturated rings. The predicted molar refractivity (Wildman–Crippen MR) is 116 cm³/mol. The van der Waals surface area contributed by atoms with Crippen LogP contribution in [0.2, 0.25) is 0 Å². The van der Waals surface area contributed by atoms with Crippen LogP contribution in [0, 0.1) is 0 Å². The number of rotatable bonds is 3. The highest BCUT2D eigenvalue weighted by molar-refractivity contribution is 5.69. The number of carbonyl (C=O) groups is 1. The van der Waals surface area contributed by atoms with E-state index in [9.17, 15) is 9.90 Å². The van der Waals surface area contributed by atoms with Crippen LogP contribution in [0.3, 0.4) is 0 Å². The number of hydrogen-bond donors (Lipinski definition) is 1. The second-order valence-corrected chi connectivity index (χ2v) is 10.2. The Labute approximate surface area is 194 Å². The Hall–Kier alpha value is -1.55. The molecule has 0 aliphatic carbocycles. The number of methoxy groups -OCH3 is 1. The van der Waals surface area contributed by atoms with E-state index >= 15 is 0 Å². The molecule has 1 aromatic rings. The second kappa shape index (κ2) is 8.59. The molecule has 4 heterocycles. The van der Waals surface area contributed by atoms with Crippen LogP contribution in [0.15, 0.2) is 30.3 Å². The highest BCUT2D eigenvalue weighted by atomic mass is 16.7. The van der Waals surface area contributed by atoms with Crippen LogP contribution in [-0.2, 0) is 33.2 Å². The molecule has 4 aliphatic rings. The van der Waals surface area contributed by atoms with Crippen LogP contribution in [0.25, 0.3) is 0 Å². The first-order chi connectivity index (χ1) is 15.7. The summed E-state index contributed by atoms with van der Waals surface area (Å²) < 4.78 is 36.8. The largest absolute Gasteiger partial charge is 0.469 e. The lowest BCUT2D eigenvalue weighted by Crippen LogP contribution is -2.70. The van der Waals surface area contributed by atoms with Crippen LogP contribution in [0.1, 0.15) is 58.3 Å². The predicted octanol–water partition coefficient (Wildman–Crippen LogP) is 2.67. The minimum absolute atomic E-state index is 0.00522. The number of hydrogen-bond acceptors (Lipinski definition) is 8. The quantitative estimate of drug-likeness (QED) is 0.686. The van der Waals surface area contributed by atoms with E-state index in [-0.39, 0.29) is 36.9 Å². The minimum atomic E-state index is -0.800. The first kappa shape index (κ1) is 23.2. The van der Waals surface area contributed by atoms with Crippen molar-refractivity contribution in [1.29, 1.82) is 0 Å². The third-order valence-corrected chi connectivity index (χ3v) is 7.68. The highest BCUT2D eigenvalue weighted by Crippen LogP contribution is 2.51. The standard InChI is InChI=1S/C25H34O8/c1-14-22-18(30-23(29-14)15-8-6-5-7-9-15)11-20-25(3,33-22)13-24(2)19(31-20)10-16(26)17(32-24)12-21(27)28-4/h5-9,14,16-20,22-23,26H,10-13H2,1-4H3/t14?,16-,17+,18+,19+,20-,22-,23-,24-,25+/m1/s1. The zero-order chi connectivity index (χ0) is 23.4. The van der Waals surface area contributed by atoms with Gasteiger partial charge in [0.05, 0.1) is 61.4 Å². The van der Waals surface area contributed by atoms with Crippen molar-refractivity contribution in [2.45, 2.75) is 107 Å². The number of ether oxygens (including phenoxy) is 6. The van der Waals surface area contributed by atoms with Gasteiger partial charge in [0.2, 0.25) is 0 Å². The van der Waals surface area contributed by atoms with Gasteiger partial charge in [0.25, 0.3) is 0 Å². The van der Waals surface area contributed by atoms with Crippen molar-refractivity contribution >= 4 is 5.97 Å². The van der Waals surface area contributed by atoms with Crippen LogP contribution in [0.5, 0.6) is 0 Å². The van der Waals surface area contributed by atoms with Crippen molar-refractivity contribution in [3.05, 3.63) is 35.9 Å². The lowest BCUT2D eigenvalue weighted by atomic mass is 9.72. The Kier molecular flexibility index (Phi) is 6.04. The molecule has 0 amide bonds. The topological polar surface area (TPSA) is 92.7 Å². The van der Waals surface area contributed by atoms with E-state index in [2.05, 4.69) is 6.92 Å². The Morgan fingerprint density at radius 2 is 1.76 bits per heavy atom. The molecule has 8 nitrogen and oxygen atoms in total. The lowest BCUT2D eigenvalue weighted by molar-refractivity contribution is -0.381. The fourth-order valence-corrected chi connectivity index (χ4v) is 5.97. The van der Waals surface area contributed by atoms with Gasteiger partial charge in [0.15, 0.2) is 6.29 Å². The number of esters is 1. The van der Waals surface area contributed by atoms with Gasteiger partial charge in [-0.2, -0.15) is 0 Å². The number of aliphatic hydroxyl groups is 1. The van der Waals surface area contributed by atoms with Gasteiger partial charge < -0.3 is 33.5 Å². The Balaban J connectivity index is 1.33. The van der Waals surface area contributed by atoms with Gasteiger partial charge in [-0.3, -0.25) is 4.79 Å². The molecule has 0 radical (unpaired) electrons. The molecule has 5 rings (SSSR count). The van der Waals surface area contributed by atoms with E-state index < -0.39 is 35.7 Å². The third-order valence-electron chi connectivity index (χ3n) is 7.68. The number of aliphatic hydroxyl groups excluding tert-OH is 1. The van der Waals surface area contributed by atoms with Crippen molar-refractivity contribution in [2.75, 3.05) is 7.11 Å². The molecule has 0 bridgehead atoms. The molecule has 8 heteroatoms. The summed E-state index contributed by atoms with van der Waals surface area (Å²) >= 11 is 0. The Morgan fingerprint density at radius 3 is 2.48 bits per heavy atom. The first-order valence-electron chi connectivity index (χ1n) is 11.8. The molecule has 182 valence electrons. The Bertz CT molecular complexity index is 863. The van der Waals surface area contributed by atoms with E-state index in [0.717, 1.165) is 5.56 Å². The molecule has 33 heavy (non-hydrogen) atoms. The summed E-state index contributed by atoms with van der Waals surface area (Å²) in [5.74, 6) is -0.406. The average molecular weight is 463 g/mol. The van der Waals surface area contributed by atoms with Crippen LogP contribution in [-0.4, -0.2) is 72.1 Å². The summed E-state index contributed by atoms with van der Waals surface area (Å²) in [7, 11) is 1.33. The van der Waals surface area contributed by atoms with Gasteiger partial charge in [-0.05, 0) is 20.8 Å². The maximum Gasteiger partial charge on any atom is 0.308 e. The maximum absolute atomic E-state index is 11.8. The van der Waals surface area contributed by atoms with E-state index in [1.165, 1.54) is 7.11 Å². The molecule has 0 saturated carbocycles. The molecule has 1 N–H and O–H groups in total. The zero-order valence-corrected chi connectivity index (χ0v) is 19.6. The summed E-state index contributed by atoms with van der Waals surface area (Å²) in [5, 5.41) is 10.6. The molecule has 4 aliphatic heterocycles. The van der Waals surface area contributed by atoms with E-state index in [0.29, 0.717) is 19.3 Å². The van der Waals surface area contributed by atoms with Crippen molar-refractivity contribution in [3.8, 4) is 0 Å². The number of carbonyl (C=O) groups excluding carboxylic acids is 1. The lowest BCUT2D eigenvalue weighted by Gasteiger charge is -2.60. The van der Waals surface area contributed by atoms with Crippen molar-refractivity contribution in [3.63, 3.8) is 0 Å². The van der Waals surface area contributed by atoms with E-state index in [1.54, 1.807) is 0 Å². The molecular weight excluding hydrogens is 428 g/mol. The van der Waals surface area contributed by atoms with Gasteiger partial charge in [-0.25, -0.2) is 0 Å². The monoisotopic (exact) mass is 462 g/mol. The molecule has 0 aromatic heterocycles. The molecule has 1 aromatic carbocycles. The Morgan fingerprint density at radius 1 is 1.06 bits per heavy atom. The summed E-state index contributed by atoms with van der Waals surface area (Å²) in [6.07, 6.45) is -1.27. The summed E-state index contributed by atoms with van der Waals surface area (Å²) in [4.78, 5) is 11.8. The second-order valence-electron chi connectivity index (χ2n) is 10.2. The smallest absolute Gasteiger partial charge is 0.308 e. The third kappa shape index (κ3) is 4.22. The molecule has 10 atom stereocenters. The van der Waals surface area contributed by atoms with Crippen LogP contribution in [0.4, 0.5) is 0 Å². The average Bonchev–Trinajstić information content (AvgIpc) is 2.78. The van der Waals surface area contributed by atoms with Crippen molar-refractivity contribution in [2.24, 2.45) is 0 Å².